The number of ether oxygens (including phenoxy) is 1. The number of nitrogens with one attached hydrogen (secondary N) is 1. The molecule has 3 rings (SSSR count). The molecule has 8 heteroatoms. The molecule has 0 radical (unpaired) electrons. The molecule has 7 nitrogen and oxygen atoms in total. The summed E-state index contributed by atoms with van der Waals surface area (Å²) in [4.78, 5) is 26.5. The van der Waals surface area contributed by atoms with Gasteiger partial charge in [-0.25, -0.2) is 8.42 Å². The molecule has 2 aliphatic rings. The van der Waals surface area contributed by atoms with Crippen LogP contribution in [0.4, 0.5) is 0 Å². The van der Waals surface area contributed by atoms with Crippen LogP contribution in [-0.4, -0.2) is 50.9 Å². The molecule has 160 valence electrons. The van der Waals surface area contributed by atoms with E-state index in [-0.39, 0.29) is 34.3 Å². The molecule has 1 saturated carbocycles. The zero-order chi connectivity index (χ0) is 21.4. The van der Waals surface area contributed by atoms with Crippen LogP contribution in [0.3, 0.4) is 0 Å². The summed E-state index contributed by atoms with van der Waals surface area (Å²) in [6, 6.07) is 6.48. The first-order chi connectivity index (χ1) is 13.4. The molecule has 1 aliphatic heterocycles. The summed E-state index contributed by atoms with van der Waals surface area (Å²) in [5.41, 5.74) is 1.23. The Hall–Kier alpha value is -1.93. The fourth-order valence-corrected chi connectivity index (χ4v) is 5.95. The van der Waals surface area contributed by atoms with Crippen molar-refractivity contribution in [1.82, 2.24) is 9.62 Å². The number of fused-ring (bicyclic) bond motifs is 2. The lowest BCUT2D eigenvalue weighted by Crippen LogP contribution is -2.40. The minimum atomic E-state index is -3.81. The Bertz CT molecular complexity index is 894. The van der Waals surface area contributed by atoms with E-state index in [9.17, 15) is 18.0 Å². The quantitative estimate of drug-likeness (QED) is 0.710. The summed E-state index contributed by atoms with van der Waals surface area (Å²) in [6.07, 6.45) is 2.99. The third-order valence-corrected chi connectivity index (χ3v) is 7.25. The zero-order valence-corrected chi connectivity index (χ0v) is 18.3. The van der Waals surface area contributed by atoms with Gasteiger partial charge in [0, 0.05) is 12.6 Å². The Labute approximate surface area is 172 Å². The molecule has 1 saturated heterocycles. The van der Waals surface area contributed by atoms with Crippen molar-refractivity contribution in [2.45, 2.75) is 57.9 Å². The smallest absolute Gasteiger partial charge is 0.321 e. The minimum Gasteiger partial charge on any atom is -0.455 e. The second-order valence-electron chi connectivity index (χ2n) is 9.53. The second kappa shape index (κ2) is 7.72. The van der Waals surface area contributed by atoms with E-state index in [1.54, 1.807) is 12.1 Å². The summed E-state index contributed by atoms with van der Waals surface area (Å²) in [7, 11) is -3.81. The summed E-state index contributed by atoms with van der Waals surface area (Å²) >= 11 is 0. The van der Waals surface area contributed by atoms with E-state index in [2.05, 4.69) is 25.5 Å². The van der Waals surface area contributed by atoms with Crippen LogP contribution in [0.15, 0.2) is 29.2 Å². The van der Waals surface area contributed by atoms with E-state index in [0.717, 1.165) is 24.8 Å². The molecule has 1 aromatic carbocycles. The van der Waals surface area contributed by atoms with Gasteiger partial charge in [0.2, 0.25) is 10.0 Å². The molecular formula is C21H30N2O5S. The molecule has 0 spiro atoms. The maximum atomic E-state index is 12.6. The van der Waals surface area contributed by atoms with Gasteiger partial charge in [-0.05, 0) is 49.1 Å². The highest BCUT2D eigenvalue weighted by atomic mass is 32.2. The lowest BCUT2D eigenvalue weighted by molar-refractivity contribution is -0.151. The zero-order valence-electron chi connectivity index (χ0n) is 17.5. The van der Waals surface area contributed by atoms with E-state index < -0.39 is 22.5 Å². The molecule has 0 unspecified atom stereocenters. The van der Waals surface area contributed by atoms with Crippen molar-refractivity contribution in [3.05, 3.63) is 29.8 Å². The van der Waals surface area contributed by atoms with Gasteiger partial charge in [0.15, 0.2) is 6.61 Å². The SMILES string of the molecule is Cc1ccc(S(=O)(=O)NCC(=O)OCC(=O)N2C[C@]3(C)C[C@H]2CC(C)(C)C3)cc1. The van der Waals surface area contributed by atoms with Gasteiger partial charge in [0.1, 0.15) is 6.54 Å². The van der Waals surface area contributed by atoms with Crippen LogP contribution in [0.25, 0.3) is 0 Å². The first kappa shape index (κ1) is 21.8. The largest absolute Gasteiger partial charge is 0.455 e. The lowest BCUT2D eigenvalue weighted by atomic mass is 9.65. The van der Waals surface area contributed by atoms with E-state index in [0.29, 0.717) is 6.54 Å². The average Bonchev–Trinajstić information content (AvgIpc) is 2.87. The summed E-state index contributed by atoms with van der Waals surface area (Å²) in [5, 5.41) is 0. The molecule has 1 aliphatic carbocycles. The van der Waals surface area contributed by atoms with Crippen molar-refractivity contribution >= 4 is 21.9 Å². The molecule has 1 aromatic rings. The lowest BCUT2D eigenvalue weighted by Gasteiger charge is -2.39. The fraction of sp³-hybridized carbons (Fsp3) is 0.619. The van der Waals surface area contributed by atoms with Gasteiger partial charge < -0.3 is 9.64 Å². The van der Waals surface area contributed by atoms with Crippen LogP contribution in [-0.2, 0) is 24.3 Å². The highest BCUT2D eigenvalue weighted by molar-refractivity contribution is 7.89. The van der Waals surface area contributed by atoms with E-state index in [4.69, 9.17) is 4.74 Å². The number of benzene rings is 1. The number of nitrogens with zero attached hydrogens (tertiary/aromatic N) is 1. The molecule has 1 amide bonds. The van der Waals surface area contributed by atoms with Gasteiger partial charge in [0.25, 0.3) is 5.91 Å². The van der Waals surface area contributed by atoms with E-state index in [1.807, 2.05) is 11.8 Å². The van der Waals surface area contributed by atoms with Crippen molar-refractivity contribution in [2.75, 3.05) is 19.7 Å². The number of aryl methyl sites for hydroxylation is 1. The summed E-state index contributed by atoms with van der Waals surface area (Å²) < 4.78 is 31.7. The minimum absolute atomic E-state index is 0.0761. The van der Waals surface area contributed by atoms with Crippen molar-refractivity contribution in [3.63, 3.8) is 0 Å². The van der Waals surface area contributed by atoms with Crippen LogP contribution in [0.2, 0.25) is 0 Å². The molecule has 2 fully saturated rings. The Morgan fingerprint density at radius 1 is 1.17 bits per heavy atom. The number of hydrogen-bond donors (Lipinski definition) is 1. The highest BCUT2D eigenvalue weighted by Gasteiger charge is 2.50. The maximum absolute atomic E-state index is 12.6. The maximum Gasteiger partial charge on any atom is 0.321 e. The third kappa shape index (κ3) is 5.17. The molecular weight excluding hydrogens is 392 g/mol. The van der Waals surface area contributed by atoms with Gasteiger partial charge in [-0.1, -0.05) is 38.5 Å². The van der Waals surface area contributed by atoms with Gasteiger partial charge in [-0.3, -0.25) is 9.59 Å². The summed E-state index contributed by atoms with van der Waals surface area (Å²) in [6.45, 7) is 8.32. The second-order valence-corrected chi connectivity index (χ2v) is 11.3. The average molecular weight is 423 g/mol. The highest BCUT2D eigenvalue weighted by Crippen LogP contribution is 2.52. The number of carbonyl (C=O) groups is 2. The molecule has 1 N–H and O–H groups in total. The van der Waals surface area contributed by atoms with Crippen LogP contribution in [0, 0.1) is 17.8 Å². The molecule has 1 heterocycles. The number of carbonyl (C=O) groups excluding carboxylic acids is 2. The van der Waals surface area contributed by atoms with Crippen molar-refractivity contribution in [3.8, 4) is 0 Å². The molecule has 2 bridgehead atoms. The number of likely N-dealkylation sites (tertiary alicyclic amines) is 1. The van der Waals surface area contributed by atoms with Crippen molar-refractivity contribution < 1.29 is 22.7 Å². The fourth-order valence-electron chi connectivity index (χ4n) is 4.98. The van der Waals surface area contributed by atoms with E-state index >= 15 is 0 Å². The number of esters is 1. The predicted octanol–water partition coefficient (Wildman–Crippen LogP) is 2.24. The van der Waals surface area contributed by atoms with Gasteiger partial charge in [0.05, 0.1) is 4.90 Å². The Kier molecular flexibility index (Phi) is 5.80. The van der Waals surface area contributed by atoms with Gasteiger partial charge >= 0.3 is 5.97 Å². The monoisotopic (exact) mass is 422 g/mol. The number of sulfonamides is 1. The first-order valence-corrected chi connectivity index (χ1v) is 11.4. The van der Waals surface area contributed by atoms with Crippen LogP contribution >= 0.6 is 0 Å². The van der Waals surface area contributed by atoms with Crippen molar-refractivity contribution in [1.29, 1.82) is 0 Å². The molecule has 2 atom stereocenters. The molecule has 0 aromatic heterocycles. The number of rotatable bonds is 6. The van der Waals surface area contributed by atoms with Crippen LogP contribution in [0.1, 0.15) is 45.6 Å². The summed E-state index contributed by atoms with van der Waals surface area (Å²) in [5.74, 6) is -0.992. The Balaban J connectivity index is 1.50. The standard InChI is InChI=1S/C21H30N2O5S/c1-15-5-7-17(8-6-15)29(26,27)22-11-19(25)28-12-18(24)23-14-21(4)10-16(23)9-20(2,3)13-21/h5-8,16,22H,9-14H2,1-4H3/t16-,21-/m1/s1. The van der Waals surface area contributed by atoms with Gasteiger partial charge in [-0.15, -0.1) is 0 Å². The molecule has 29 heavy (non-hydrogen) atoms. The van der Waals surface area contributed by atoms with Crippen LogP contribution < -0.4 is 4.72 Å². The topological polar surface area (TPSA) is 92.8 Å². The van der Waals surface area contributed by atoms with Crippen LogP contribution in [0.5, 0.6) is 0 Å². The normalized spacial score (nSPS) is 25.7. The Morgan fingerprint density at radius 2 is 1.83 bits per heavy atom. The first-order valence-electron chi connectivity index (χ1n) is 9.91. The number of amides is 1. The predicted molar refractivity (Wildman–Crippen MR) is 109 cm³/mol. The van der Waals surface area contributed by atoms with E-state index in [1.165, 1.54) is 12.1 Å². The van der Waals surface area contributed by atoms with Crippen molar-refractivity contribution in [2.24, 2.45) is 10.8 Å². The number of hydrogen-bond acceptors (Lipinski definition) is 5. The Morgan fingerprint density at radius 3 is 2.48 bits per heavy atom. The van der Waals surface area contributed by atoms with Gasteiger partial charge in [-0.2, -0.15) is 4.72 Å². The third-order valence-electron chi connectivity index (χ3n) is 5.83.